The Labute approximate surface area is 157 Å². The number of nitrogens with one attached hydrogen (secondary N) is 2. The number of aromatic amines is 1. The molecule has 4 rings (SSSR count). The van der Waals surface area contributed by atoms with Crippen LogP contribution in [0.1, 0.15) is 29.3 Å². The quantitative estimate of drug-likeness (QED) is 0.553. The third-order valence-electron chi connectivity index (χ3n) is 4.57. The summed E-state index contributed by atoms with van der Waals surface area (Å²) in [7, 11) is 0. The summed E-state index contributed by atoms with van der Waals surface area (Å²) in [6, 6.07) is 16.6. The molecule has 0 radical (unpaired) electrons. The predicted octanol–water partition coefficient (Wildman–Crippen LogP) is 3.69. The summed E-state index contributed by atoms with van der Waals surface area (Å²) in [6.45, 7) is 0.752. The first kappa shape index (κ1) is 16.9. The number of amides is 1. The minimum atomic E-state index is -0.420. The molecule has 2 N–H and O–H groups in total. The lowest BCUT2D eigenvalue weighted by atomic mass is 9.98. The highest BCUT2D eigenvalue weighted by Crippen LogP contribution is 2.44. The van der Waals surface area contributed by atoms with E-state index in [2.05, 4.69) is 51.4 Å². The molecule has 0 spiro atoms. The van der Waals surface area contributed by atoms with Crippen molar-refractivity contribution in [3.05, 3.63) is 77.9 Å². The number of hydrogen-bond acceptors (Lipinski definition) is 3. The summed E-state index contributed by atoms with van der Waals surface area (Å²) in [4.78, 5) is 18.9. The van der Waals surface area contributed by atoms with Gasteiger partial charge in [-0.3, -0.25) is 0 Å². The molecular weight excluding hydrogens is 338 g/mol. The highest BCUT2D eigenvalue weighted by Gasteiger charge is 2.28. The molecule has 2 aromatic carbocycles. The lowest BCUT2D eigenvalue weighted by Gasteiger charge is -2.14. The minimum absolute atomic E-state index is 0.0712. The van der Waals surface area contributed by atoms with Crippen LogP contribution in [-0.2, 0) is 4.74 Å². The number of ether oxygens (including phenoxy) is 1. The number of carbonyl (C=O) groups is 1. The number of H-pyrrole nitrogens is 1. The molecule has 5 nitrogen and oxygen atoms in total. The molecule has 27 heavy (non-hydrogen) atoms. The van der Waals surface area contributed by atoms with E-state index in [1.54, 1.807) is 12.4 Å². The molecule has 0 unspecified atom stereocenters. The van der Waals surface area contributed by atoms with E-state index in [0.717, 1.165) is 0 Å². The molecule has 0 bridgehead atoms. The van der Waals surface area contributed by atoms with E-state index < -0.39 is 6.09 Å². The molecule has 0 saturated carbocycles. The minimum Gasteiger partial charge on any atom is -0.449 e. The van der Waals surface area contributed by atoms with E-state index in [1.165, 1.54) is 22.3 Å². The number of nitrogens with zero attached hydrogens (tertiary/aromatic N) is 1. The molecule has 0 fully saturated rings. The summed E-state index contributed by atoms with van der Waals surface area (Å²) in [5, 5.41) is 2.74. The van der Waals surface area contributed by atoms with Crippen LogP contribution in [0.5, 0.6) is 0 Å². The van der Waals surface area contributed by atoms with Gasteiger partial charge in [-0.2, -0.15) is 0 Å². The number of imidazole rings is 1. The smallest absolute Gasteiger partial charge is 0.407 e. The summed E-state index contributed by atoms with van der Waals surface area (Å²) in [5.74, 6) is 6.53. The Hall–Kier alpha value is -3.52. The fourth-order valence-corrected chi connectivity index (χ4v) is 3.36. The zero-order chi connectivity index (χ0) is 18.5. The molecule has 1 amide bonds. The Morgan fingerprint density at radius 2 is 1.81 bits per heavy atom. The van der Waals surface area contributed by atoms with Crippen molar-refractivity contribution >= 4 is 6.09 Å². The van der Waals surface area contributed by atoms with Gasteiger partial charge in [0, 0.05) is 31.3 Å². The van der Waals surface area contributed by atoms with Gasteiger partial charge in [0.15, 0.2) is 5.82 Å². The second-order valence-electron chi connectivity index (χ2n) is 6.24. The Morgan fingerprint density at radius 1 is 1.11 bits per heavy atom. The number of benzene rings is 2. The molecule has 134 valence electrons. The van der Waals surface area contributed by atoms with Crippen LogP contribution in [0.2, 0.25) is 0 Å². The van der Waals surface area contributed by atoms with Crippen LogP contribution in [0.15, 0.2) is 60.9 Å². The maximum absolute atomic E-state index is 12.0. The van der Waals surface area contributed by atoms with E-state index in [-0.39, 0.29) is 5.92 Å². The number of alkyl carbamates (subject to hydrolysis) is 1. The highest BCUT2D eigenvalue weighted by atomic mass is 16.5. The first-order valence-corrected chi connectivity index (χ1v) is 8.90. The third-order valence-corrected chi connectivity index (χ3v) is 4.57. The van der Waals surface area contributed by atoms with Crippen molar-refractivity contribution in [2.75, 3.05) is 13.2 Å². The average Bonchev–Trinajstić information content (AvgIpc) is 3.32. The van der Waals surface area contributed by atoms with Gasteiger partial charge in [-0.25, -0.2) is 9.78 Å². The number of carbonyl (C=O) groups excluding carboxylic acids is 1. The van der Waals surface area contributed by atoms with E-state index >= 15 is 0 Å². The maximum Gasteiger partial charge on any atom is 0.407 e. The first-order chi connectivity index (χ1) is 13.3. The van der Waals surface area contributed by atoms with Crippen molar-refractivity contribution in [2.24, 2.45) is 0 Å². The van der Waals surface area contributed by atoms with Gasteiger partial charge in [0.2, 0.25) is 0 Å². The Kier molecular flexibility index (Phi) is 4.88. The van der Waals surface area contributed by atoms with Gasteiger partial charge >= 0.3 is 6.09 Å². The van der Waals surface area contributed by atoms with E-state index in [9.17, 15) is 4.79 Å². The van der Waals surface area contributed by atoms with Crippen molar-refractivity contribution in [3.8, 4) is 23.0 Å². The van der Waals surface area contributed by atoms with Gasteiger partial charge < -0.3 is 15.0 Å². The molecular formula is C22H19N3O2. The largest absolute Gasteiger partial charge is 0.449 e. The number of rotatable bonds is 4. The summed E-state index contributed by atoms with van der Waals surface area (Å²) in [6.07, 6.45) is 3.49. The zero-order valence-corrected chi connectivity index (χ0v) is 14.7. The van der Waals surface area contributed by atoms with Crippen LogP contribution < -0.4 is 5.32 Å². The summed E-state index contributed by atoms with van der Waals surface area (Å²) in [5.41, 5.74) is 4.84. The zero-order valence-electron chi connectivity index (χ0n) is 14.7. The van der Waals surface area contributed by atoms with Gasteiger partial charge in [-0.05, 0) is 28.2 Å². The van der Waals surface area contributed by atoms with Gasteiger partial charge in [-0.15, -0.1) is 0 Å². The second kappa shape index (κ2) is 7.79. The monoisotopic (exact) mass is 357 g/mol. The lowest BCUT2D eigenvalue weighted by molar-refractivity contribution is 0.143. The van der Waals surface area contributed by atoms with Crippen molar-refractivity contribution in [2.45, 2.75) is 12.3 Å². The van der Waals surface area contributed by atoms with Crippen LogP contribution >= 0.6 is 0 Å². The van der Waals surface area contributed by atoms with E-state index in [4.69, 9.17) is 4.74 Å². The van der Waals surface area contributed by atoms with Crippen molar-refractivity contribution in [1.82, 2.24) is 15.3 Å². The normalized spacial score (nSPS) is 11.9. The van der Waals surface area contributed by atoms with Crippen LogP contribution in [0, 0.1) is 11.8 Å². The Balaban J connectivity index is 1.31. The lowest BCUT2D eigenvalue weighted by Crippen LogP contribution is -2.26. The van der Waals surface area contributed by atoms with Gasteiger partial charge in [0.1, 0.15) is 6.61 Å². The average molecular weight is 357 g/mol. The SMILES string of the molecule is O=C(NCCC#Cc1ncc[nH]1)OCC1c2ccccc2-c2ccccc21. The fraction of sp³-hybridized carbons (Fsp3) is 0.182. The van der Waals surface area contributed by atoms with E-state index in [1.807, 2.05) is 24.3 Å². The van der Waals surface area contributed by atoms with Gasteiger partial charge in [-0.1, -0.05) is 54.5 Å². The maximum atomic E-state index is 12.0. The molecule has 1 heterocycles. The van der Waals surface area contributed by atoms with Crippen LogP contribution in [0.25, 0.3) is 11.1 Å². The second-order valence-corrected chi connectivity index (χ2v) is 6.24. The topological polar surface area (TPSA) is 67.0 Å². The Morgan fingerprint density at radius 3 is 2.48 bits per heavy atom. The molecule has 1 aliphatic carbocycles. The molecule has 0 aliphatic heterocycles. The van der Waals surface area contributed by atoms with Gasteiger partial charge in [0.25, 0.3) is 0 Å². The van der Waals surface area contributed by atoms with Crippen LogP contribution in [0.4, 0.5) is 4.79 Å². The molecule has 5 heteroatoms. The molecule has 0 atom stereocenters. The molecule has 3 aromatic rings. The van der Waals surface area contributed by atoms with Crippen molar-refractivity contribution in [3.63, 3.8) is 0 Å². The van der Waals surface area contributed by atoms with Crippen molar-refractivity contribution in [1.29, 1.82) is 0 Å². The van der Waals surface area contributed by atoms with E-state index in [0.29, 0.717) is 25.4 Å². The third kappa shape index (κ3) is 3.70. The summed E-state index contributed by atoms with van der Waals surface area (Å²) < 4.78 is 5.48. The predicted molar refractivity (Wildman–Crippen MR) is 103 cm³/mol. The molecule has 1 aliphatic rings. The molecule has 1 aromatic heterocycles. The number of aromatic nitrogens is 2. The van der Waals surface area contributed by atoms with Crippen molar-refractivity contribution < 1.29 is 9.53 Å². The fourth-order valence-electron chi connectivity index (χ4n) is 3.36. The highest BCUT2D eigenvalue weighted by molar-refractivity contribution is 5.79. The van der Waals surface area contributed by atoms with Crippen LogP contribution in [-0.4, -0.2) is 29.2 Å². The Bertz CT molecular complexity index is 954. The first-order valence-electron chi connectivity index (χ1n) is 8.90. The van der Waals surface area contributed by atoms with Gasteiger partial charge in [0.05, 0.1) is 0 Å². The molecule has 0 saturated heterocycles. The summed E-state index contributed by atoms with van der Waals surface area (Å²) >= 11 is 0. The standard InChI is InChI=1S/C22H19N3O2/c26-22(25-12-6-5-11-21-23-13-14-24-21)27-15-20-18-9-3-1-7-16(18)17-8-2-4-10-19(17)20/h1-4,7-10,13-14,20H,6,12,15H2,(H,23,24)(H,25,26). The number of fused-ring (bicyclic) bond motifs is 3. The number of hydrogen-bond donors (Lipinski definition) is 2. The van der Waals surface area contributed by atoms with Crippen LogP contribution in [0.3, 0.4) is 0 Å².